The van der Waals surface area contributed by atoms with E-state index in [0.717, 1.165) is 16.7 Å². The number of likely N-dealkylation sites (N-methyl/N-ethyl adjacent to an activating group) is 1. The number of nitrogens with zero attached hydrogens (tertiary/aromatic N) is 1. The van der Waals surface area contributed by atoms with Gasteiger partial charge in [0.1, 0.15) is 6.04 Å². The fourth-order valence-electron chi connectivity index (χ4n) is 2.61. The molecule has 6 heteroatoms. The van der Waals surface area contributed by atoms with Crippen LogP contribution >= 0.6 is 23.2 Å². The van der Waals surface area contributed by atoms with Gasteiger partial charge in [0, 0.05) is 23.6 Å². The maximum atomic E-state index is 12.9. The monoisotopic (exact) mass is 392 g/mol. The molecule has 0 heterocycles. The second kappa shape index (κ2) is 9.06. The van der Waals surface area contributed by atoms with Crippen molar-refractivity contribution in [2.24, 2.45) is 0 Å². The van der Waals surface area contributed by atoms with E-state index in [0.29, 0.717) is 10.0 Å². The number of hydrogen-bond donors (Lipinski definition) is 1. The summed E-state index contributed by atoms with van der Waals surface area (Å²) in [6.45, 7) is 3.93. The fourth-order valence-corrected chi connectivity index (χ4v) is 3.08. The Morgan fingerprint density at radius 2 is 1.77 bits per heavy atom. The van der Waals surface area contributed by atoms with Gasteiger partial charge >= 0.3 is 0 Å². The van der Waals surface area contributed by atoms with E-state index in [1.54, 1.807) is 32.2 Å². The van der Waals surface area contributed by atoms with Crippen LogP contribution in [0.4, 0.5) is 0 Å². The third-order valence-corrected chi connectivity index (χ3v) is 4.83. The molecule has 2 amide bonds. The molecule has 0 spiro atoms. The first kappa shape index (κ1) is 20.3. The highest BCUT2D eigenvalue weighted by Crippen LogP contribution is 2.23. The van der Waals surface area contributed by atoms with Gasteiger partial charge in [-0.3, -0.25) is 9.59 Å². The van der Waals surface area contributed by atoms with Crippen molar-refractivity contribution in [3.8, 4) is 0 Å². The van der Waals surface area contributed by atoms with E-state index in [-0.39, 0.29) is 24.8 Å². The number of amides is 2. The maximum Gasteiger partial charge on any atom is 0.242 e. The molecular weight excluding hydrogens is 371 g/mol. The zero-order chi connectivity index (χ0) is 19.3. The van der Waals surface area contributed by atoms with Gasteiger partial charge in [0.05, 0.1) is 6.42 Å². The molecule has 4 nitrogen and oxygen atoms in total. The Kier molecular flexibility index (Phi) is 7.06. The average molecular weight is 393 g/mol. The molecule has 0 unspecified atom stereocenters. The van der Waals surface area contributed by atoms with Gasteiger partial charge in [0.15, 0.2) is 0 Å². The van der Waals surface area contributed by atoms with Crippen LogP contribution in [0.1, 0.15) is 23.6 Å². The number of carbonyl (C=O) groups excluding carboxylic acids is 2. The lowest BCUT2D eigenvalue weighted by molar-refractivity contribution is -0.139. The van der Waals surface area contributed by atoms with E-state index in [1.165, 1.54) is 4.90 Å². The third kappa shape index (κ3) is 5.23. The second-order valence-electron chi connectivity index (χ2n) is 6.21. The first-order chi connectivity index (χ1) is 12.3. The molecule has 2 rings (SSSR count). The van der Waals surface area contributed by atoms with Gasteiger partial charge in [-0.15, -0.1) is 0 Å². The molecule has 138 valence electrons. The van der Waals surface area contributed by atoms with Crippen LogP contribution in [0, 0.1) is 6.92 Å². The van der Waals surface area contributed by atoms with E-state index < -0.39 is 6.04 Å². The summed E-state index contributed by atoms with van der Waals surface area (Å²) in [5.74, 6) is -0.372. The fraction of sp³-hybridized carbons (Fsp3) is 0.300. The Bertz CT molecular complexity index is 791. The maximum absolute atomic E-state index is 12.9. The van der Waals surface area contributed by atoms with E-state index in [4.69, 9.17) is 23.2 Å². The molecule has 0 fully saturated rings. The number of benzene rings is 2. The molecule has 0 saturated carbocycles. The molecule has 0 aliphatic rings. The quantitative estimate of drug-likeness (QED) is 0.806. The number of halogens is 2. The largest absolute Gasteiger partial charge is 0.357 e. The minimum Gasteiger partial charge on any atom is -0.357 e. The second-order valence-corrected chi connectivity index (χ2v) is 7.05. The molecule has 1 atom stereocenters. The van der Waals surface area contributed by atoms with Crippen LogP contribution in [0.2, 0.25) is 10.0 Å². The minimum atomic E-state index is -0.621. The van der Waals surface area contributed by atoms with Gasteiger partial charge in [-0.2, -0.15) is 0 Å². The predicted molar refractivity (Wildman–Crippen MR) is 105 cm³/mol. The zero-order valence-electron chi connectivity index (χ0n) is 15.1. The van der Waals surface area contributed by atoms with Crippen LogP contribution < -0.4 is 5.32 Å². The minimum absolute atomic E-state index is 0.143. The molecular formula is C20H22Cl2N2O2. The SMILES string of the molecule is CNC(=O)[C@H](C)N(Cc1ccc(Cl)cc1Cl)C(=O)Cc1ccc(C)cc1. The summed E-state index contributed by atoms with van der Waals surface area (Å²) in [5.41, 5.74) is 2.77. The molecule has 26 heavy (non-hydrogen) atoms. The summed E-state index contributed by atoms with van der Waals surface area (Å²) in [6.07, 6.45) is 0.215. The highest BCUT2D eigenvalue weighted by molar-refractivity contribution is 6.35. The van der Waals surface area contributed by atoms with Gasteiger partial charge in [-0.1, -0.05) is 59.1 Å². The Morgan fingerprint density at radius 1 is 1.12 bits per heavy atom. The molecule has 0 aliphatic heterocycles. The van der Waals surface area contributed by atoms with E-state index in [9.17, 15) is 9.59 Å². The van der Waals surface area contributed by atoms with E-state index in [1.807, 2.05) is 31.2 Å². The topological polar surface area (TPSA) is 49.4 Å². The molecule has 0 bridgehead atoms. The summed E-state index contributed by atoms with van der Waals surface area (Å²) in [4.78, 5) is 26.6. The first-order valence-electron chi connectivity index (χ1n) is 8.32. The van der Waals surface area contributed by atoms with Crippen LogP contribution in [0.25, 0.3) is 0 Å². The first-order valence-corrected chi connectivity index (χ1v) is 9.08. The Balaban J connectivity index is 2.26. The molecule has 2 aromatic rings. The van der Waals surface area contributed by atoms with Crippen molar-refractivity contribution in [1.29, 1.82) is 0 Å². The van der Waals surface area contributed by atoms with Gasteiger partial charge in [-0.05, 0) is 37.1 Å². The highest BCUT2D eigenvalue weighted by Gasteiger charge is 2.26. The standard InChI is InChI=1S/C20H22Cl2N2O2/c1-13-4-6-15(7-5-13)10-19(25)24(14(2)20(26)23-3)12-16-8-9-17(21)11-18(16)22/h4-9,11,14H,10,12H2,1-3H3,(H,23,26)/t14-/m0/s1. The molecule has 0 saturated heterocycles. The van der Waals surface area contributed by atoms with Gasteiger partial charge < -0.3 is 10.2 Å². The van der Waals surface area contributed by atoms with Crippen molar-refractivity contribution in [2.45, 2.75) is 32.9 Å². The smallest absolute Gasteiger partial charge is 0.242 e. The molecule has 1 N–H and O–H groups in total. The zero-order valence-corrected chi connectivity index (χ0v) is 16.6. The van der Waals surface area contributed by atoms with Crippen LogP contribution in [-0.2, 0) is 22.6 Å². The van der Waals surface area contributed by atoms with Crippen LogP contribution in [0.5, 0.6) is 0 Å². The van der Waals surface area contributed by atoms with Crippen molar-refractivity contribution < 1.29 is 9.59 Å². The summed E-state index contributed by atoms with van der Waals surface area (Å²) in [6, 6.07) is 12.3. The number of carbonyl (C=O) groups is 2. The lowest BCUT2D eigenvalue weighted by Gasteiger charge is -2.29. The van der Waals surface area contributed by atoms with Crippen LogP contribution in [-0.4, -0.2) is 29.8 Å². The summed E-state index contributed by atoms with van der Waals surface area (Å²) < 4.78 is 0. The molecule has 0 aliphatic carbocycles. The lowest BCUT2D eigenvalue weighted by Crippen LogP contribution is -2.47. The number of rotatable bonds is 6. The van der Waals surface area contributed by atoms with Crippen molar-refractivity contribution in [2.75, 3.05) is 7.05 Å². The van der Waals surface area contributed by atoms with Crippen molar-refractivity contribution >= 4 is 35.0 Å². The van der Waals surface area contributed by atoms with Crippen molar-refractivity contribution in [1.82, 2.24) is 10.2 Å². The van der Waals surface area contributed by atoms with Gasteiger partial charge in [0.25, 0.3) is 0 Å². The summed E-state index contributed by atoms with van der Waals surface area (Å²) >= 11 is 12.2. The molecule has 0 radical (unpaired) electrons. The third-order valence-electron chi connectivity index (χ3n) is 4.25. The number of nitrogens with one attached hydrogen (secondary N) is 1. The van der Waals surface area contributed by atoms with Crippen molar-refractivity contribution in [3.63, 3.8) is 0 Å². The number of aryl methyl sites for hydroxylation is 1. The lowest BCUT2D eigenvalue weighted by atomic mass is 10.1. The normalized spacial score (nSPS) is 11.7. The van der Waals surface area contributed by atoms with Crippen molar-refractivity contribution in [3.05, 3.63) is 69.2 Å². The average Bonchev–Trinajstić information content (AvgIpc) is 2.61. The van der Waals surface area contributed by atoms with Crippen LogP contribution in [0.15, 0.2) is 42.5 Å². The highest BCUT2D eigenvalue weighted by atomic mass is 35.5. The molecule has 0 aromatic heterocycles. The van der Waals surface area contributed by atoms with Crippen LogP contribution in [0.3, 0.4) is 0 Å². The Hall–Kier alpha value is -2.04. The number of hydrogen-bond acceptors (Lipinski definition) is 2. The van der Waals surface area contributed by atoms with E-state index in [2.05, 4.69) is 5.32 Å². The Morgan fingerprint density at radius 3 is 2.35 bits per heavy atom. The Labute approximate surface area is 164 Å². The molecule has 2 aromatic carbocycles. The predicted octanol–water partition coefficient (Wildman–Crippen LogP) is 4.01. The summed E-state index contributed by atoms with van der Waals surface area (Å²) in [7, 11) is 1.55. The van der Waals surface area contributed by atoms with Gasteiger partial charge in [0.2, 0.25) is 11.8 Å². The van der Waals surface area contributed by atoms with E-state index >= 15 is 0 Å². The summed E-state index contributed by atoms with van der Waals surface area (Å²) in [5, 5.41) is 3.59. The van der Waals surface area contributed by atoms with Gasteiger partial charge in [-0.25, -0.2) is 0 Å².